The summed E-state index contributed by atoms with van der Waals surface area (Å²) in [6.45, 7) is 12.0. The predicted molar refractivity (Wildman–Crippen MR) is 69.6 cm³/mol. The molecule has 2 unspecified atom stereocenters. The Hall–Kier alpha value is -0.830. The smallest absolute Gasteiger partial charge is 0.159 e. The third-order valence-corrected chi connectivity index (χ3v) is 3.32. The Balaban J connectivity index is 2.79. The van der Waals surface area contributed by atoms with Gasteiger partial charge in [-0.15, -0.1) is 0 Å². The lowest BCUT2D eigenvalue weighted by atomic mass is 9.96. The van der Waals surface area contributed by atoms with Crippen molar-refractivity contribution in [3.05, 3.63) is 11.3 Å². The van der Waals surface area contributed by atoms with Gasteiger partial charge in [-0.05, 0) is 26.7 Å². The number of Topliss-reactive ketones (excluding diaryl/α,β-unsaturated/α-hetero) is 1. The minimum absolute atomic E-state index is 0.0498. The zero-order valence-corrected chi connectivity index (χ0v) is 11.7. The predicted octanol–water partition coefficient (Wildman–Crippen LogP) is 2.96. The van der Waals surface area contributed by atoms with E-state index in [-0.39, 0.29) is 17.9 Å². The first-order valence-corrected chi connectivity index (χ1v) is 6.65. The number of ketones is 1. The Morgan fingerprint density at radius 3 is 2.18 bits per heavy atom. The van der Waals surface area contributed by atoms with Crippen LogP contribution in [0.25, 0.3) is 0 Å². The molecule has 3 nitrogen and oxygen atoms in total. The lowest BCUT2D eigenvalue weighted by molar-refractivity contribution is -0.114. The number of hydrogen-bond acceptors (Lipinski definition) is 3. The van der Waals surface area contributed by atoms with E-state index in [1.165, 1.54) is 0 Å². The van der Waals surface area contributed by atoms with Gasteiger partial charge >= 0.3 is 0 Å². The SMILES string of the molecule is CCCN(CCC)C1OC(C)=C(C(C)=O)C1C. The van der Waals surface area contributed by atoms with Gasteiger partial charge in [0.05, 0.1) is 0 Å². The highest BCUT2D eigenvalue weighted by Crippen LogP contribution is 2.33. The normalized spacial score (nSPS) is 24.4. The maximum Gasteiger partial charge on any atom is 0.159 e. The maximum absolute atomic E-state index is 11.6. The number of carbonyl (C=O) groups excluding carboxylic acids is 1. The summed E-state index contributed by atoms with van der Waals surface area (Å²) in [5.74, 6) is 1.14. The summed E-state index contributed by atoms with van der Waals surface area (Å²) in [4.78, 5) is 13.9. The number of allylic oxidation sites excluding steroid dienone is 1. The molecule has 0 saturated heterocycles. The first-order valence-electron chi connectivity index (χ1n) is 6.65. The van der Waals surface area contributed by atoms with E-state index in [0.717, 1.165) is 37.3 Å². The van der Waals surface area contributed by atoms with E-state index in [1.807, 2.05) is 6.92 Å². The van der Waals surface area contributed by atoms with E-state index in [9.17, 15) is 4.79 Å². The fraction of sp³-hybridized carbons (Fsp3) is 0.786. The van der Waals surface area contributed by atoms with Crippen molar-refractivity contribution in [2.75, 3.05) is 13.1 Å². The summed E-state index contributed by atoms with van der Waals surface area (Å²) in [6, 6.07) is 0. The van der Waals surface area contributed by atoms with Crippen LogP contribution in [-0.4, -0.2) is 30.0 Å². The topological polar surface area (TPSA) is 29.5 Å². The maximum atomic E-state index is 11.6. The van der Waals surface area contributed by atoms with Gasteiger partial charge in [0.15, 0.2) is 12.0 Å². The van der Waals surface area contributed by atoms with Gasteiger partial charge in [0, 0.05) is 24.6 Å². The minimum Gasteiger partial charge on any atom is -0.479 e. The van der Waals surface area contributed by atoms with E-state index in [1.54, 1.807) is 6.92 Å². The second kappa shape index (κ2) is 6.20. The van der Waals surface area contributed by atoms with E-state index in [0.29, 0.717) is 0 Å². The number of carbonyl (C=O) groups is 1. The van der Waals surface area contributed by atoms with E-state index >= 15 is 0 Å². The van der Waals surface area contributed by atoms with Crippen LogP contribution in [0.4, 0.5) is 0 Å². The van der Waals surface area contributed by atoms with Crippen molar-refractivity contribution < 1.29 is 9.53 Å². The second-order valence-corrected chi connectivity index (χ2v) is 4.86. The largest absolute Gasteiger partial charge is 0.479 e. The number of rotatable bonds is 6. The Labute approximate surface area is 105 Å². The molecule has 0 amide bonds. The zero-order chi connectivity index (χ0) is 13.0. The summed E-state index contributed by atoms with van der Waals surface area (Å²) in [6.07, 6.45) is 2.27. The summed E-state index contributed by atoms with van der Waals surface area (Å²) < 4.78 is 5.90. The van der Waals surface area contributed by atoms with Crippen molar-refractivity contribution >= 4 is 5.78 Å². The average molecular weight is 239 g/mol. The summed E-state index contributed by atoms with van der Waals surface area (Å²) in [5.41, 5.74) is 0.868. The fourth-order valence-electron chi connectivity index (χ4n) is 2.71. The molecule has 98 valence electrons. The van der Waals surface area contributed by atoms with E-state index in [4.69, 9.17) is 4.74 Å². The molecule has 0 aromatic carbocycles. The van der Waals surface area contributed by atoms with Crippen molar-refractivity contribution in [3.8, 4) is 0 Å². The van der Waals surface area contributed by atoms with Crippen LogP contribution in [0.1, 0.15) is 47.5 Å². The molecule has 0 spiro atoms. The first-order chi connectivity index (χ1) is 8.02. The van der Waals surface area contributed by atoms with E-state index in [2.05, 4.69) is 25.7 Å². The molecule has 17 heavy (non-hydrogen) atoms. The van der Waals surface area contributed by atoms with Crippen LogP contribution in [0.15, 0.2) is 11.3 Å². The Morgan fingerprint density at radius 2 is 1.82 bits per heavy atom. The standard InChI is InChI=1S/C14H25NO2/c1-6-8-15(9-7-2)14-10(3)13(11(4)16)12(5)17-14/h10,14H,6-9H2,1-5H3. The molecule has 0 N–H and O–H groups in total. The van der Waals surface area contributed by atoms with Gasteiger partial charge in [-0.1, -0.05) is 20.8 Å². The Morgan fingerprint density at radius 1 is 1.29 bits per heavy atom. The highest BCUT2D eigenvalue weighted by atomic mass is 16.5. The van der Waals surface area contributed by atoms with Crippen LogP contribution >= 0.6 is 0 Å². The Kier molecular flexibility index (Phi) is 5.19. The first kappa shape index (κ1) is 14.2. The molecule has 0 saturated carbocycles. The zero-order valence-electron chi connectivity index (χ0n) is 11.7. The molecule has 3 heteroatoms. The van der Waals surface area contributed by atoms with Crippen molar-refractivity contribution in [1.29, 1.82) is 0 Å². The number of nitrogens with zero attached hydrogens (tertiary/aromatic N) is 1. The van der Waals surface area contributed by atoms with Gasteiger partial charge in [0.2, 0.25) is 0 Å². The third kappa shape index (κ3) is 3.09. The molecule has 1 heterocycles. The van der Waals surface area contributed by atoms with Gasteiger partial charge in [-0.3, -0.25) is 9.69 Å². The van der Waals surface area contributed by atoms with Gasteiger partial charge in [0.1, 0.15) is 5.76 Å². The molecular formula is C14H25NO2. The summed E-state index contributed by atoms with van der Waals surface area (Å²) in [5, 5.41) is 0. The molecule has 0 fully saturated rings. The number of hydrogen-bond donors (Lipinski definition) is 0. The minimum atomic E-state index is 0.0498. The molecule has 1 rings (SSSR count). The highest BCUT2D eigenvalue weighted by molar-refractivity contribution is 5.94. The molecule has 0 radical (unpaired) electrons. The van der Waals surface area contributed by atoms with Crippen molar-refractivity contribution in [2.24, 2.45) is 5.92 Å². The summed E-state index contributed by atoms with van der Waals surface area (Å²) >= 11 is 0. The van der Waals surface area contributed by atoms with Crippen LogP contribution in [-0.2, 0) is 9.53 Å². The van der Waals surface area contributed by atoms with Gasteiger partial charge in [-0.2, -0.15) is 0 Å². The van der Waals surface area contributed by atoms with Crippen LogP contribution in [0.5, 0.6) is 0 Å². The second-order valence-electron chi connectivity index (χ2n) is 4.86. The molecule has 0 aliphatic carbocycles. The quantitative estimate of drug-likeness (QED) is 0.713. The van der Waals surface area contributed by atoms with Crippen molar-refractivity contribution in [1.82, 2.24) is 4.90 Å². The van der Waals surface area contributed by atoms with E-state index < -0.39 is 0 Å². The molecular weight excluding hydrogens is 214 g/mol. The molecule has 2 atom stereocenters. The van der Waals surface area contributed by atoms with Crippen LogP contribution in [0.2, 0.25) is 0 Å². The molecule has 0 aromatic rings. The molecule has 1 aliphatic heterocycles. The highest BCUT2D eigenvalue weighted by Gasteiger charge is 2.36. The lowest BCUT2D eigenvalue weighted by Crippen LogP contribution is -2.40. The molecule has 0 aromatic heterocycles. The van der Waals surface area contributed by atoms with Gasteiger partial charge in [-0.25, -0.2) is 0 Å². The lowest BCUT2D eigenvalue weighted by Gasteiger charge is -2.31. The third-order valence-electron chi connectivity index (χ3n) is 3.32. The average Bonchev–Trinajstić information content (AvgIpc) is 2.54. The fourth-order valence-corrected chi connectivity index (χ4v) is 2.71. The van der Waals surface area contributed by atoms with Crippen LogP contribution in [0.3, 0.4) is 0 Å². The Bertz CT molecular complexity index is 303. The van der Waals surface area contributed by atoms with Gasteiger partial charge in [0.25, 0.3) is 0 Å². The van der Waals surface area contributed by atoms with Crippen molar-refractivity contribution in [3.63, 3.8) is 0 Å². The molecule has 1 aliphatic rings. The van der Waals surface area contributed by atoms with Gasteiger partial charge < -0.3 is 4.74 Å². The van der Waals surface area contributed by atoms with Crippen LogP contribution < -0.4 is 0 Å². The summed E-state index contributed by atoms with van der Waals surface area (Å²) in [7, 11) is 0. The monoisotopic (exact) mass is 239 g/mol. The van der Waals surface area contributed by atoms with Crippen molar-refractivity contribution in [2.45, 2.75) is 53.7 Å². The molecule has 0 bridgehead atoms. The number of ether oxygens (including phenoxy) is 1. The van der Waals surface area contributed by atoms with Crippen LogP contribution in [0, 0.1) is 5.92 Å².